The summed E-state index contributed by atoms with van der Waals surface area (Å²) in [5, 5.41) is 0. The Morgan fingerprint density at radius 3 is 2.16 bits per heavy atom. The maximum absolute atomic E-state index is 12.4. The van der Waals surface area contributed by atoms with E-state index >= 15 is 0 Å². The van der Waals surface area contributed by atoms with Gasteiger partial charge in [-0.3, -0.25) is 0 Å². The number of rotatable bonds is 2. The number of nitrogens with zero attached hydrogens (tertiary/aromatic N) is 1. The molecule has 25 heavy (non-hydrogen) atoms. The van der Waals surface area contributed by atoms with E-state index in [4.69, 9.17) is 11.2 Å². The van der Waals surface area contributed by atoms with Gasteiger partial charge in [0.15, 0.2) is 0 Å². The number of hydrogen-bond acceptors (Lipinski definition) is 2. The third-order valence-electron chi connectivity index (χ3n) is 5.98. The molecule has 1 heterocycles. The molecule has 2 aliphatic carbocycles. The van der Waals surface area contributed by atoms with Crippen molar-refractivity contribution in [2.45, 2.75) is 5.92 Å². The predicted molar refractivity (Wildman–Crippen MR) is 95.9 cm³/mol. The Morgan fingerprint density at radius 2 is 1.60 bits per heavy atom. The number of fused-ring (bicyclic) bond motifs is 4. The van der Waals surface area contributed by atoms with Crippen LogP contribution >= 0.6 is 0 Å². The lowest BCUT2D eigenvalue weighted by Crippen LogP contribution is -2.32. The van der Waals surface area contributed by atoms with Crippen molar-refractivity contribution in [3.63, 3.8) is 0 Å². The Hall–Kier alpha value is -2.73. The molecule has 0 spiro atoms. The SMILES string of the molecule is C#CC1[C@H]2CN(C(=O)OCC3c4ccccc4-c4ccccc43)C[C@@H]12. The zero-order chi connectivity index (χ0) is 17.0. The molecule has 2 aromatic rings. The van der Waals surface area contributed by atoms with Crippen molar-refractivity contribution in [1.29, 1.82) is 0 Å². The Balaban J connectivity index is 1.30. The molecule has 2 aromatic carbocycles. The molecule has 3 heteroatoms. The van der Waals surface area contributed by atoms with Gasteiger partial charge in [0.25, 0.3) is 0 Å². The van der Waals surface area contributed by atoms with E-state index in [1.54, 1.807) is 0 Å². The van der Waals surface area contributed by atoms with Crippen molar-refractivity contribution in [3.8, 4) is 23.5 Å². The van der Waals surface area contributed by atoms with Crippen molar-refractivity contribution in [3.05, 3.63) is 59.7 Å². The summed E-state index contributed by atoms with van der Waals surface area (Å²) in [5.74, 6) is 4.29. The van der Waals surface area contributed by atoms with Gasteiger partial charge in [-0.1, -0.05) is 48.5 Å². The first-order chi connectivity index (χ1) is 12.3. The van der Waals surface area contributed by atoms with Crippen LogP contribution in [0.5, 0.6) is 0 Å². The van der Waals surface area contributed by atoms with Gasteiger partial charge in [0.2, 0.25) is 0 Å². The van der Waals surface area contributed by atoms with Crippen LogP contribution in [0.25, 0.3) is 11.1 Å². The molecular weight excluding hydrogens is 310 g/mol. The highest BCUT2D eigenvalue weighted by Crippen LogP contribution is 2.51. The number of ether oxygens (including phenoxy) is 1. The summed E-state index contributed by atoms with van der Waals surface area (Å²) in [7, 11) is 0. The minimum Gasteiger partial charge on any atom is -0.448 e. The molecule has 3 atom stereocenters. The topological polar surface area (TPSA) is 29.5 Å². The van der Waals surface area contributed by atoms with E-state index < -0.39 is 0 Å². The Labute approximate surface area is 147 Å². The predicted octanol–water partition coefficient (Wildman–Crippen LogP) is 3.75. The summed E-state index contributed by atoms with van der Waals surface area (Å²) in [6.07, 6.45) is 5.29. The van der Waals surface area contributed by atoms with Gasteiger partial charge in [0.05, 0.1) is 0 Å². The Morgan fingerprint density at radius 1 is 1.04 bits per heavy atom. The van der Waals surface area contributed by atoms with E-state index in [1.165, 1.54) is 22.3 Å². The average Bonchev–Trinajstić information content (AvgIpc) is 3.00. The Kier molecular flexibility index (Phi) is 3.15. The smallest absolute Gasteiger partial charge is 0.409 e. The van der Waals surface area contributed by atoms with Crippen LogP contribution in [0, 0.1) is 30.1 Å². The molecule has 1 saturated heterocycles. The fraction of sp³-hybridized carbons (Fsp3) is 0.318. The zero-order valence-corrected chi connectivity index (χ0v) is 13.9. The second kappa shape index (κ2) is 5.39. The molecule has 3 aliphatic rings. The van der Waals surface area contributed by atoms with Gasteiger partial charge in [0.1, 0.15) is 6.61 Å². The molecule has 0 aromatic heterocycles. The number of hydrogen-bond donors (Lipinski definition) is 0. The van der Waals surface area contributed by atoms with Gasteiger partial charge in [-0.05, 0) is 34.1 Å². The highest BCUT2D eigenvalue weighted by molar-refractivity contribution is 5.79. The fourth-order valence-corrected chi connectivity index (χ4v) is 4.61. The van der Waals surface area contributed by atoms with Crippen LogP contribution in [0.3, 0.4) is 0 Å². The van der Waals surface area contributed by atoms with Crippen LogP contribution in [0.15, 0.2) is 48.5 Å². The van der Waals surface area contributed by atoms with E-state index in [0.717, 1.165) is 13.1 Å². The van der Waals surface area contributed by atoms with Gasteiger partial charge in [0, 0.05) is 24.9 Å². The maximum atomic E-state index is 12.4. The van der Waals surface area contributed by atoms with Crippen LogP contribution in [0.2, 0.25) is 0 Å². The third kappa shape index (κ3) is 2.17. The van der Waals surface area contributed by atoms with Crippen molar-refractivity contribution in [2.24, 2.45) is 17.8 Å². The van der Waals surface area contributed by atoms with Crippen molar-refractivity contribution in [1.82, 2.24) is 4.90 Å². The van der Waals surface area contributed by atoms with E-state index in [2.05, 4.69) is 42.3 Å². The van der Waals surface area contributed by atoms with Crippen molar-refractivity contribution >= 4 is 6.09 Å². The number of piperidine rings is 1. The molecule has 2 fully saturated rings. The number of terminal acetylenes is 1. The summed E-state index contributed by atoms with van der Waals surface area (Å²) in [6, 6.07) is 16.8. The first-order valence-corrected chi connectivity index (χ1v) is 8.84. The summed E-state index contributed by atoms with van der Waals surface area (Å²) < 4.78 is 5.70. The van der Waals surface area contributed by atoms with Crippen molar-refractivity contribution < 1.29 is 9.53 Å². The lowest BCUT2D eigenvalue weighted by Gasteiger charge is -2.20. The molecule has 1 amide bonds. The van der Waals surface area contributed by atoms with Gasteiger partial charge in [-0.15, -0.1) is 12.3 Å². The highest BCUT2D eigenvalue weighted by Gasteiger charge is 2.56. The lowest BCUT2D eigenvalue weighted by molar-refractivity contribution is 0.103. The molecule has 124 valence electrons. The maximum Gasteiger partial charge on any atom is 0.409 e. The molecule has 0 bridgehead atoms. The number of benzene rings is 2. The molecule has 1 aliphatic heterocycles. The van der Waals surface area contributed by atoms with Gasteiger partial charge in [-0.25, -0.2) is 4.79 Å². The largest absolute Gasteiger partial charge is 0.448 e. The lowest BCUT2D eigenvalue weighted by atomic mass is 9.98. The van der Waals surface area contributed by atoms with Gasteiger partial charge >= 0.3 is 6.09 Å². The molecule has 3 nitrogen and oxygen atoms in total. The van der Waals surface area contributed by atoms with E-state index in [1.807, 2.05) is 17.0 Å². The van der Waals surface area contributed by atoms with E-state index in [0.29, 0.717) is 24.4 Å². The monoisotopic (exact) mass is 329 g/mol. The molecule has 0 N–H and O–H groups in total. The normalized spacial score (nSPS) is 25.7. The van der Waals surface area contributed by atoms with Gasteiger partial charge in [-0.2, -0.15) is 0 Å². The standard InChI is InChI=1S/C22H19NO2/c1-2-14-19-11-23(12-20(14)19)22(24)25-13-21-17-9-5-3-7-15(17)16-8-4-6-10-18(16)21/h1,3-10,14,19-21H,11-13H2/t14?,19-,20+. The second-order valence-corrected chi connectivity index (χ2v) is 7.23. The van der Waals surface area contributed by atoms with Crippen LogP contribution in [0.1, 0.15) is 17.0 Å². The van der Waals surface area contributed by atoms with Crippen LogP contribution in [0.4, 0.5) is 4.79 Å². The zero-order valence-electron chi connectivity index (χ0n) is 13.9. The fourth-order valence-electron chi connectivity index (χ4n) is 4.61. The third-order valence-corrected chi connectivity index (χ3v) is 5.98. The summed E-state index contributed by atoms with van der Waals surface area (Å²) in [6.45, 7) is 1.88. The number of carbonyl (C=O) groups is 1. The minimum absolute atomic E-state index is 0.118. The minimum atomic E-state index is -0.204. The van der Waals surface area contributed by atoms with Gasteiger partial charge < -0.3 is 9.64 Å². The Bertz CT molecular complexity index is 839. The molecule has 0 radical (unpaired) electrons. The first-order valence-electron chi connectivity index (χ1n) is 8.84. The first kappa shape index (κ1) is 14.6. The molecule has 5 rings (SSSR count). The number of likely N-dealkylation sites (tertiary alicyclic amines) is 1. The number of carbonyl (C=O) groups excluding carboxylic acids is 1. The molecular formula is C22H19NO2. The summed E-state index contributed by atoms with van der Waals surface area (Å²) in [5.41, 5.74) is 4.98. The number of amides is 1. The second-order valence-electron chi connectivity index (χ2n) is 7.23. The van der Waals surface area contributed by atoms with Crippen LogP contribution in [-0.2, 0) is 4.74 Å². The average molecular weight is 329 g/mol. The van der Waals surface area contributed by atoms with Crippen molar-refractivity contribution in [2.75, 3.05) is 19.7 Å². The van der Waals surface area contributed by atoms with E-state index in [9.17, 15) is 4.79 Å². The molecule has 1 unspecified atom stereocenters. The van der Waals surface area contributed by atoms with Crippen LogP contribution in [-0.4, -0.2) is 30.7 Å². The van der Waals surface area contributed by atoms with Crippen LogP contribution < -0.4 is 0 Å². The summed E-state index contributed by atoms with van der Waals surface area (Å²) >= 11 is 0. The highest BCUT2D eigenvalue weighted by atomic mass is 16.6. The quantitative estimate of drug-likeness (QED) is 0.786. The molecule has 1 saturated carbocycles. The summed E-state index contributed by atoms with van der Waals surface area (Å²) in [4.78, 5) is 14.3. The van der Waals surface area contributed by atoms with E-state index in [-0.39, 0.29) is 12.0 Å².